The molecule has 0 aliphatic heterocycles. The fourth-order valence-electron chi connectivity index (χ4n) is 1.06. The number of nitrogen functional groups attached to an aromatic ring is 1. The first kappa shape index (κ1) is 10.0. The van der Waals surface area contributed by atoms with Crippen LogP contribution in [0, 0.1) is 0 Å². The van der Waals surface area contributed by atoms with Crippen LogP contribution < -0.4 is 16.8 Å². The van der Waals surface area contributed by atoms with Crippen molar-refractivity contribution in [3.05, 3.63) is 23.8 Å². The molecular weight excluding hydrogens is 182 g/mol. The van der Waals surface area contributed by atoms with Crippen LogP contribution in [0.25, 0.3) is 0 Å². The molecule has 0 saturated heterocycles. The Morgan fingerprint density at radius 3 is 2.50 bits per heavy atom. The van der Waals surface area contributed by atoms with Gasteiger partial charge in [0.1, 0.15) is 0 Å². The number of carbonyl (C=O) groups is 2. The van der Waals surface area contributed by atoms with Gasteiger partial charge in [-0.15, -0.1) is 0 Å². The molecule has 14 heavy (non-hydrogen) atoms. The Hall–Kier alpha value is -2.04. The summed E-state index contributed by atoms with van der Waals surface area (Å²) in [6.45, 7) is 1.35. The van der Waals surface area contributed by atoms with Gasteiger partial charge < -0.3 is 16.8 Å². The molecule has 0 aliphatic carbocycles. The molecule has 1 rings (SSSR count). The monoisotopic (exact) mass is 193 g/mol. The molecule has 5 nitrogen and oxygen atoms in total. The van der Waals surface area contributed by atoms with Gasteiger partial charge in [0.25, 0.3) is 5.91 Å². The molecule has 5 heteroatoms. The van der Waals surface area contributed by atoms with Gasteiger partial charge in [-0.2, -0.15) is 0 Å². The second-order valence-electron chi connectivity index (χ2n) is 2.85. The highest BCUT2D eigenvalue weighted by molar-refractivity contribution is 6.03. The number of primary amides is 1. The lowest BCUT2D eigenvalue weighted by Gasteiger charge is -2.07. The molecule has 0 spiro atoms. The van der Waals surface area contributed by atoms with E-state index in [4.69, 9.17) is 11.5 Å². The van der Waals surface area contributed by atoms with Crippen molar-refractivity contribution >= 4 is 23.2 Å². The lowest BCUT2D eigenvalue weighted by molar-refractivity contribution is -0.114. The van der Waals surface area contributed by atoms with Gasteiger partial charge in [-0.25, -0.2) is 0 Å². The maximum absolute atomic E-state index is 11.0. The maximum atomic E-state index is 11.0. The molecule has 0 atom stereocenters. The zero-order valence-electron chi connectivity index (χ0n) is 7.70. The molecule has 1 aromatic carbocycles. The zero-order valence-corrected chi connectivity index (χ0v) is 7.70. The number of nitrogens with one attached hydrogen (secondary N) is 1. The van der Waals surface area contributed by atoms with Gasteiger partial charge in [-0.05, 0) is 18.2 Å². The SMILES string of the molecule is CC(=O)Nc1ccc(N)cc1C(N)=O. The first-order chi connectivity index (χ1) is 6.50. The van der Waals surface area contributed by atoms with Crippen molar-refractivity contribution in [2.24, 2.45) is 5.73 Å². The van der Waals surface area contributed by atoms with Gasteiger partial charge in [-0.1, -0.05) is 0 Å². The molecule has 74 valence electrons. The van der Waals surface area contributed by atoms with Gasteiger partial charge in [0, 0.05) is 12.6 Å². The Labute approximate surface area is 81.1 Å². The number of benzene rings is 1. The molecule has 0 fully saturated rings. The van der Waals surface area contributed by atoms with E-state index in [9.17, 15) is 9.59 Å². The van der Waals surface area contributed by atoms with E-state index in [1.54, 1.807) is 6.07 Å². The molecule has 2 amide bonds. The standard InChI is InChI=1S/C9H11N3O2/c1-5(13)12-8-3-2-6(10)4-7(8)9(11)14/h2-4H,10H2,1H3,(H2,11,14)(H,12,13). The fraction of sp³-hybridized carbons (Fsp3) is 0.111. The summed E-state index contributed by atoms with van der Waals surface area (Å²) in [5.74, 6) is -0.890. The Morgan fingerprint density at radius 2 is 2.00 bits per heavy atom. The Kier molecular flexibility index (Phi) is 2.71. The second kappa shape index (κ2) is 3.78. The summed E-state index contributed by atoms with van der Waals surface area (Å²) in [7, 11) is 0. The van der Waals surface area contributed by atoms with Crippen LogP contribution in [-0.4, -0.2) is 11.8 Å². The highest BCUT2D eigenvalue weighted by Crippen LogP contribution is 2.18. The minimum atomic E-state index is -0.624. The van der Waals surface area contributed by atoms with E-state index in [1.807, 2.05) is 0 Å². The molecule has 0 aliphatic rings. The molecule has 0 bridgehead atoms. The number of amides is 2. The Bertz CT molecular complexity index is 388. The van der Waals surface area contributed by atoms with Crippen LogP contribution in [0.1, 0.15) is 17.3 Å². The maximum Gasteiger partial charge on any atom is 0.250 e. The van der Waals surface area contributed by atoms with E-state index in [0.29, 0.717) is 11.4 Å². The molecule has 5 N–H and O–H groups in total. The van der Waals surface area contributed by atoms with E-state index in [-0.39, 0.29) is 11.5 Å². The predicted molar refractivity (Wildman–Crippen MR) is 53.7 cm³/mol. The van der Waals surface area contributed by atoms with Crippen molar-refractivity contribution < 1.29 is 9.59 Å². The quantitative estimate of drug-likeness (QED) is 0.590. The fourth-order valence-corrected chi connectivity index (χ4v) is 1.06. The van der Waals surface area contributed by atoms with E-state index in [1.165, 1.54) is 19.1 Å². The van der Waals surface area contributed by atoms with Crippen LogP contribution in [0.4, 0.5) is 11.4 Å². The normalized spacial score (nSPS) is 9.50. The van der Waals surface area contributed by atoms with E-state index in [2.05, 4.69) is 5.32 Å². The van der Waals surface area contributed by atoms with Crippen LogP contribution in [0.5, 0.6) is 0 Å². The number of rotatable bonds is 2. The first-order valence-electron chi connectivity index (χ1n) is 3.97. The van der Waals surface area contributed by atoms with Gasteiger partial charge in [0.15, 0.2) is 0 Å². The molecule has 0 unspecified atom stereocenters. The number of hydrogen-bond acceptors (Lipinski definition) is 3. The van der Waals surface area contributed by atoms with E-state index < -0.39 is 5.91 Å². The highest BCUT2D eigenvalue weighted by Gasteiger charge is 2.09. The van der Waals surface area contributed by atoms with Crippen molar-refractivity contribution in [1.29, 1.82) is 0 Å². The Morgan fingerprint density at radius 1 is 1.36 bits per heavy atom. The van der Waals surface area contributed by atoms with Crippen molar-refractivity contribution in [2.75, 3.05) is 11.1 Å². The van der Waals surface area contributed by atoms with Gasteiger partial charge in [0.05, 0.1) is 11.3 Å². The minimum absolute atomic E-state index is 0.209. The first-order valence-corrected chi connectivity index (χ1v) is 3.97. The average molecular weight is 193 g/mol. The minimum Gasteiger partial charge on any atom is -0.399 e. The van der Waals surface area contributed by atoms with Crippen molar-refractivity contribution in [2.45, 2.75) is 6.92 Å². The summed E-state index contributed by atoms with van der Waals surface area (Å²) in [4.78, 5) is 21.7. The largest absolute Gasteiger partial charge is 0.399 e. The number of anilines is 2. The highest BCUT2D eigenvalue weighted by atomic mass is 16.2. The molecular formula is C9H11N3O2. The summed E-state index contributed by atoms with van der Waals surface area (Å²) < 4.78 is 0. The van der Waals surface area contributed by atoms with Gasteiger partial charge >= 0.3 is 0 Å². The van der Waals surface area contributed by atoms with Crippen LogP contribution in [0.15, 0.2) is 18.2 Å². The Balaban J connectivity index is 3.14. The topological polar surface area (TPSA) is 98.2 Å². The predicted octanol–water partition coefficient (Wildman–Crippen LogP) is 0.326. The molecule has 0 heterocycles. The van der Waals surface area contributed by atoms with E-state index in [0.717, 1.165) is 0 Å². The number of carbonyl (C=O) groups excluding carboxylic acids is 2. The van der Waals surface area contributed by atoms with E-state index >= 15 is 0 Å². The van der Waals surface area contributed by atoms with Crippen LogP contribution >= 0.6 is 0 Å². The molecule has 0 saturated carbocycles. The van der Waals surface area contributed by atoms with Crippen molar-refractivity contribution in [3.8, 4) is 0 Å². The third kappa shape index (κ3) is 2.22. The third-order valence-corrected chi connectivity index (χ3v) is 1.62. The lowest BCUT2D eigenvalue weighted by atomic mass is 10.1. The summed E-state index contributed by atoms with van der Waals surface area (Å²) in [5.41, 5.74) is 11.6. The lowest BCUT2D eigenvalue weighted by Crippen LogP contribution is -2.16. The third-order valence-electron chi connectivity index (χ3n) is 1.62. The number of nitrogens with two attached hydrogens (primary N) is 2. The zero-order chi connectivity index (χ0) is 10.7. The van der Waals surface area contributed by atoms with Crippen LogP contribution in [0.2, 0.25) is 0 Å². The van der Waals surface area contributed by atoms with Crippen LogP contribution in [-0.2, 0) is 4.79 Å². The summed E-state index contributed by atoms with van der Waals surface area (Å²) in [6, 6.07) is 4.54. The second-order valence-corrected chi connectivity index (χ2v) is 2.85. The number of hydrogen-bond donors (Lipinski definition) is 3. The molecule has 0 aromatic heterocycles. The average Bonchev–Trinajstić information content (AvgIpc) is 2.07. The summed E-state index contributed by atoms with van der Waals surface area (Å²) in [6.07, 6.45) is 0. The van der Waals surface area contributed by atoms with Crippen molar-refractivity contribution in [1.82, 2.24) is 0 Å². The molecule has 0 radical (unpaired) electrons. The summed E-state index contributed by atoms with van der Waals surface area (Å²) >= 11 is 0. The summed E-state index contributed by atoms with van der Waals surface area (Å²) in [5, 5.41) is 2.49. The van der Waals surface area contributed by atoms with Gasteiger partial charge in [-0.3, -0.25) is 9.59 Å². The smallest absolute Gasteiger partial charge is 0.250 e. The van der Waals surface area contributed by atoms with Crippen molar-refractivity contribution in [3.63, 3.8) is 0 Å². The molecule has 1 aromatic rings. The van der Waals surface area contributed by atoms with Crippen LogP contribution in [0.3, 0.4) is 0 Å². The van der Waals surface area contributed by atoms with Gasteiger partial charge in [0.2, 0.25) is 5.91 Å².